The lowest BCUT2D eigenvalue weighted by atomic mass is 9.77. The summed E-state index contributed by atoms with van der Waals surface area (Å²) >= 11 is 0. The molecule has 0 heterocycles. The highest BCUT2D eigenvalue weighted by molar-refractivity contribution is 5.52. The first kappa shape index (κ1) is 19.3. The summed E-state index contributed by atoms with van der Waals surface area (Å²) in [7, 11) is 0. The van der Waals surface area contributed by atoms with Crippen molar-refractivity contribution in [3.05, 3.63) is 66.6 Å². The maximum Gasteiger partial charge on any atom is 0.197 e. The third-order valence-electron chi connectivity index (χ3n) is 4.19. The van der Waals surface area contributed by atoms with Gasteiger partial charge in [0.05, 0.1) is 0 Å². The van der Waals surface area contributed by atoms with Crippen LogP contribution in [0.5, 0.6) is 11.5 Å². The number of hydrogen-bond acceptors (Lipinski definition) is 4. The predicted octanol–water partition coefficient (Wildman–Crippen LogP) is 4.04. The quantitative estimate of drug-likeness (QED) is 0.710. The lowest BCUT2D eigenvalue weighted by Crippen LogP contribution is -2.25. The minimum absolute atomic E-state index is 0.491. The first-order chi connectivity index (χ1) is 11.9. The normalized spacial score (nSPS) is 14.0. The van der Waals surface area contributed by atoms with Gasteiger partial charge in [-0.3, -0.25) is 0 Å². The number of aliphatic hydroxyl groups is 2. The molecule has 2 aromatic rings. The molecule has 135 valence electrons. The first-order valence-electron chi connectivity index (χ1n) is 8.64. The zero-order valence-corrected chi connectivity index (χ0v) is 15.1. The largest absolute Gasteiger partial charge is 0.465 e. The molecule has 0 bridgehead atoms. The maximum absolute atomic E-state index is 9.88. The molecule has 2 aromatic carbocycles. The zero-order chi connectivity index (χ0) is 18.4. The van der Waals surface area contributed by atoms with Crippen LogP contribution < -0.4 is 9.47 Å². The third-order valence-corrected chi connectivity index (χ3v) is 4.19. The Morgan fingerprint density at radius 2 is 1.20 bits per heavy atom. The SMILES string of the molecule is [CH2]C(C)(c1ccccc1OC(O)CC)c1ccccc1OC(O)CC. The van der Waals surface area contributed by atoms with Gasteiger partial charge >= 0.3 is 0 Å². The Hall–Kier alpha value is -2.04. The Morgan fingerprint density at radius 1 is 0.840 bits per heavy atom. The summed E-state index contributed by atoms with van der Waals surface area (Å²) in [6.07, 6.45) is -0.759. The van der Waals surface area contributed by atoms with Crippen LogP contribution in [0.15, 0.2) is 48.5 Å². The van der Waals surface area contributed by atoms with Crippen LogP contribution in [0.4, 0.5) is 0 Å². The monoisotopic (exact) mass is 343 g/mol. The summed E-state index contributed by atoms with van der Waals surface area (Å²) in [6.45, 7) is 10.0. The van der Waals surface area contributed by atoms with E-state index in [1.54, 1.807) is 0 Å². The maximum atomic E-state index is 9.88. The summed E-state index contributed by atoms with van der Waals surface area (Å²) in [5.41, 5.74) is 0.989. The van der Waals surface area contributed by atoms with Gasteiger partial charge in [0.15, 0.2) is 12.6 Å². The lowest BCUT2D eigenvalue weighted by molar-refractivity contribution is -0.0208. The van der Waals surface area contributed by atoms with Crippen molar-refractivity contribution in [1.82, 2.24) is 0 Å². The third kappa shape index (κ3) is 4.53. The number of para-hydroxylation sites is 2. The van der Waals surface area contributed by atoms with Crippen LogP contribution in [0, 0.1) is 6.92 Å². The van der Waals surface area contributed by atoms with E-state index in [1.165, 1.54) is 0 Å². The van der Waals surface area contributed by atoms with Crippen LogP contribution in [0.3, 0.4) is 0 Å². The van der Waals surface area contributed by atoms with Gasteiger partial charge in [0, 0.05) is 29.4 Å². The molecule has 4 heteroatoms. The van der Waals surface area contributed by atoms with Crippen molar-refractivity contribution in [2.45, 2.75) is 51.6 Å². The van der Waals surface area contributed by atoms with Crippen molar-refractivity contribution in [3.8, 4) is 11.5 Å². The highest BCUT2D eigenvalue weighted by atomic mass is 16.6. The van der Waals surface area contributed by atoms with Crippen molar-refractivity contribution >= 4 is 0 Å². The first-order valence-corrected chi connectivity index (χ1v) is 8.64. The van der Waals surface area contributed by atoms with Crippen molar-refractivity contribution in [1.29, 1.82) is 0 Å². The average Bonchev–Trinajstić information content (AvgIpc) is 2.62. The Bertz CT molecular complexity index is 624. The van der Waals surface area contributed by atoms with Gasteiger partial charge in [-0.25, -0.2) is 0 Å². The smallest absolute Gasteiger partial charge is 0.197 e. The summed E-state index contributed by atoms with van der Waals surface area (Å²) in [4.78, 5) is 0. The van der Waals surface area contributed by atoms with Gasteiger partial charge in [-0.15, -0.1) is 0 Å². The fourth-order valence-corrected chi connectivity index (χ4v) is 2.66. The molecular weight excluding hydrogens is 316 g/mol. The second kappa shape index (κ2) is 8.37. The van der Waals surface area contributed by atoms with E-state index >= 15 is 0 Å². The summed E-state index contributed by atoms with van der Waals surface area (Å²) in [6, 6.07) is 15.0. The minimum atomic E-state index is -0.870. The summed E-state index contributed by atoms with van der Waals surface area (Å²) < 4.78 is 11.3. The Labute approximate surface area is 150 Å². The standard InChI is InChI=1S/C21H27O4/c1-5-19(22)24-17-13-9-7-11-15(17)21(3,4)16-12-8-10-14-18(16)25-20(23)6-2/h7-14,19-20,22-23H,3,5-6H2,1-2,4H3. The van der Waals surface area contributed by atoms with Crippen LogP contribution >= 0.6 is 0 Å². The number of aliphatic hydroxyl groups excluding tert-OH is 2. The number of hydrogen-bond donors (Lipinski definition) is 2. The fraction of sp³-hybridized carbons (Fsp3) is 0.381. The molecule has 0 saturated carbocycles. The van der Waals surface area contributed by atoms with Crippen LogP contribution in [0.25, 0.3) is 0 Å². The van der Waals surface area contributed by atoms with Gasteiger partial charge in [-0.05, 0) is 19.1 Å². The summed E-state index contributed by atoms with van der Waals surface area (Å²) in [5, 5.41) is 19.8. The molecule has 2 N–H and O–H groups in total. The molecule has 0 aromatic heterocycles. The highest BCUT2D eigenvalue weighted by Gasteiger charge is 2.30. The van der Waals surface area contributed by atoms with Gasteiger partial charge in [0.1, 0.15) is 11.5 Å². The van der Waals surface area contributed by atoms with Crippen molar-refractivity contribution in [2.24, 2.45) is 0 Å². The minimum Gasteiger partial charge on any atom is -0.465 e. The van der Waals surface area contributed by atoms with Gasteiger partial charge in [-0.2, -0.15) is 0 Å². The topological polar surface area (TPSA) is 58.9 Å². The molecule has 1 radical (unpaired) electrons. The van der Waals surface area contributed by atoms with E-state index in [2.05, 4.69) is 6.92 Å². The van der Waals surface area contributed by atoms with Gasteiger partial charge in [0.2, 0.25) is 0 Å². The Morgan fingerprint density at radius 3 is 1.56 bits per heavy atom. The molecule has 2 rings (SSSR count). The van der Waals surface area contributed by atoms with Crippen molar-refractivity contribution < 1.29 is 19.7 Å². The number of ether oxygens (including phenoxy) is 2. The Kier molecular flexibility index (Phi) is 6.45. The molecule has 2 unspecified atom stereocenters. The molecular formula is C21H27O4. The van der Waals surface area contributed by atoms with Crippen molar-refractivity contribution in [3.63, 3.8) is 0 Å². The second-order valence-corrected chi connectivity index (χ2v) is 6.29. The predicted molar refractivity (Wildman–Crippen MR) is 98.5 cm³/mol. The van der Waals surface area contributed by atoms with Crippen LogP contribution in [-0.4, -0.2) is 22.8 Å². The van der Waals surface area contributed by atoms with Gasteiger partial charge in [-0.1, -0.05) is 57.2 Å². The van der Waals surface area contributed by atoms with E-state index in [9.17, 15) is 10.2 Å². The average molecular weight is 343 g/mol. The molecule has 0 fully saturated rings. The second-order valence-electron chi connectivity index (χ2n) is 6.29. The summed E-state index contributed by atoms with van der Waals surface area (Å²) in [5.74, 6) is 1.17. The van der Waals surface area contributed by atoms with E-state index in [4.69, 9.17) is 9.47 Å². The molecule has 0 aliphatic heterocycles. The van der Waals surface area contributed by atoms with E-state index in [1.807, 2.05) is 69.3 Å². The Balaban J connectivity index is 2.46. The zero-order valence-electron chi connectivity index (χ0n) is 15.1. The fourth-order valence-electron chi connectivity index (χ4n) is 2.66. The lowest BCUT2D eigenvalue weighted by Gasteiger charge is -2.30. The van der Waals surface area contributed by atoms with E-state index in [-0.39, 0.29) is 0 Å². The molecule has 0 saturated heterocycles. The molecule has 0 aliphatic rings. The van der Waals surface area contributed by atoms with E-state index in [0.717, 1.165) is 11.1 Å². The molecule has 2 atom stereocenters. The molecule has 25 heavy (non-hydrogen) atoms. The molecule has 4 nitrogen and oxygen atoms in total. The van der Waals surface area contributed by atoms with Crippen molar-refractivity contribution in [2.75, 3.05) is 0 Å². The number of benzene rings is 2. The van der Waals surface area contributed by atoms with E-state index < -0.39 is 18.0 Å². The molecule has 0 spiro atoms. The van der Waals surface area contributed by atoms with Gasteiger partial charge < -0.3 is 19.7 Å². The molecule has 0 aliphatic carbocycles. The van der Waals surface area contributed by atoms with Gasteiger partial charge in [0.25, 0.3) is 0 Å². The van der Waals surface area contributed by atoms with Crippen LogP contribution in [0.2, 0.25) is 0 Å². The molecule has 0 amide bonds. The highest BCUT2D eigenvalue weighted by Crippen LogP contribution is 2.41. The number of rotatable bonds is 8. The van der Waals surface area contributed by atoms with E-state index in [0.29, 0.717) is 24.3 Å². The van der Waals surface area contributed by atoms with Crippen LogP contribution in [-0.2, 0) is 5.41 Å². The van der Waals surface area contributed by atoms with Crippen LogP contribution in [0.1, 0.15) is 44.7 Å².